The normalized spacial score (nSPS) is 13.0. The van der Waals surface area contributed by atoms with E-state index < -0.39 is 12.1 Å². The van der Waals surface area contributed by atoms with Gasteiger partial charge in [0.15, 0.2) is 0 Å². The van der Waals surface area contributed by atoms with E-state index in [-0.39, 0.29) is 18.5 Å². The van der Waals surface area contributed by atoms with Crippen LogP contribution in [0.2, 0.25) is 0 Å². The van der Waals surface area contributed by atoms with Crippen LogP contribution in [0.3, 0.4) is 0 Å². The number of esters is 1. The van der Waals surface area contributed by atoms with Crippen LogP contribution < -0.4 is 5.32 Å². The zero-order valence-electron chi connectivity index (χ0n) is 37.1. The molecule has 328 valence electrons. The van der Waals surface area contributed by atoms with Crippen LogP contribution in [0, 0.1) is 0 Å². The number of carbonyl (C=O) groups excluding carboxylic acids is 2. The summed E-state index contributed by atoms with van der Waals surface area (Å²) in [4.78, 5) is 24.3. The fraction of sp³-hybridized carbons (Fsp3) is 0.840. The molecule has 0 saturated heterocycles. The topological polar surface area (TPSA) is 95.9 Å². The lowest BCUT2D eigenvalue weighted by molar-refractivity contribution is -0.143. The average Bonchev–Trinajstić information content (AvgIpc) is 3.20. The summed E-state index contributed by atoms with van der Waals surface area (Å²) in [5, 5.41) is 23.1. The second-order valence-electron chi connectivity index (χ2n) is 16.4. The summed E-state index contributed by atoms with van der Waals surface area (Å²) in [6.07, 6.45) is 53.9. The Kier molecular flexibility index (Phi) is 44.2. The van der Waals surface area contributed by atoms with E-state index in [2.05, 4.69) is 55.6 Å². The van der Waals surface area contributed by atoms with E-state index in [1.807, 2.05) is 0 Å². The van der Waals surface area contributed by atoms with Crippen molar-refractivity contribution >= 4 is 11.9 Å². The summed E-state index contributed by atoms with van der Waals surface area (Å²) in [5.74, 6) is -0.0813. The molecular formula is C50H93NO5. The van der Waals surface area contributed by atoms with Crippen LogP contribution in [0.5, 0.6) is 0 Å². The van der Waals surface area contributed by atoms with Crippen LogP contribution in [0.4, 0.5) is 0 Å². The van der Waals surface area contributed by atoms with Gasteiger partial charge in [-0.15, -0.1) is 0 Å². The molecule has 56 heavy (non-hydrogen) atoms. The first-order valence-corrected chi connectivity index (χ1v) is 24.2. The van der Waals surface area contributed by atoms with Crippen molar-refractivity contribution in [1.29, 1.82) is 0 Å². The Bertz CT molecular complexity index is 915. The van der Waals surface area contributed by atoms with Crippen molar-refractivity contribution < 1.29 is 24.5 Å². The summed E-state index contributed by atoms with van der Waals surface area (Å²) < 4.78 is 5.41. The third-order valence-electron chi connectivity index (χ3n) is 10.9. The van der Waals surface area contributed by atoms with E-state index in [9.17, 15) is 19.8 Å². The summed E-state index contributed by atoms with van der Waals surface area (Å²) in [6, 6.07) is -0.552. The summed E-state index contributed by atoms with van der Waals surface area (Å²) in [5.41, 5.74) is 0. The Morgan fingerprint density at radius 2 is 0.911 bits per heavy atom. The lowest BCUT2D eigenvalue weighted by Gasteiger charge is -2.22. The SMILES string of the molecule is CCCC/C=C\CCCCCCCC(=O)OCCCCC/C=C\C/C=C\CCCCCCCCCC(=O)NC(CO)C(O)CCCCCCCCCCCCC. The van der Waals surface area contributed by atoms with E-state index in [0.29, 0.717) is 25.9 Å². The van der Waals surface area contributed by atoms with E-state index in [0.717, 1.165) is 83.5 Å². The molecule has 0 fully saturated rings. The molecule has 0 aromatic carbocycles. The Balaban J connectivity index is 3.52. The number of unbranched alkanes of at least 4 members (excludes halogenated alkanes) is 27. The van der Waals surface area contributed by atoms with Gasteiger partial charge in [-0.05, 0) is 83.5 Å². The number of hydrogen-bond donors (Lipinski definition) is 3. The maximum absolute atomic E-state index is 12.4. The first-order valence-electron chi connectivity index (χ1n) is 24.2. The zero-order chi connectivity index (χ0) is 40.8. The lowest BCUT2D eigenvalue weighted by Crippen LogP contribution is -2.45. The molecule has 0 aromatic heterocycles. The Labute approximate surface area is 347 Å². The number of hydrogen-bond acceptors (Lipinski definition) is 5. The first-order chi connectivity index (χ1) is 27.5. The van der Waals surface area contributed by atoms with Gasteiger partial charge in [0.1, 0.15) is 0 Å². The van der Waals surface area contributed by atoms with Crippen molar-refractivity contribution in [2.75, 3.05) is 13.2 Å². The third kappa shape index (κ3) is 41.7. The monoisotopic (exact) mass is 788 g/mol. The minimum absolute atomic E-state index is 0.0275. The van der Waals surface area contributed by atoms with Gasteiger partial charge in [0.2, 0.25) is 5.91 Å². The van der Waals surface area contributed by atoms with Gasteiger partial charge in [-0.1, -0.05) is 185 Å². The smallest absolute Gasteiger partial charge is 0.305 e. The average molecular weight is 788 g/mol. The Morgan fingerprint density at radius 1 is 0.500 bits per heavy atom. The number of allylic oxidation sites excluding steroid dienone is 6. The van der Waals surface area contributed by atoms with Gasteiger partial charge < -0.3 is 20.3 Å². The minimum atomic E-state index is -0.673. The van der Waals surface area contributed by atoms with Gasteiger partial charge in [-0.2, -0.15) is 0 Å². The molecule has 0 saturated carbocycles. The van der Waals surface area contributed by atoms with Gasteiger partial charge in [0, 0.05) is 12.8 Å². The molecule has 0 heterocycles. The molecule has 0 aromatic rings. The van der Waals surface area contributed by atoms with Crippen LogP contribution in [0.15, 0.2) is 36.5 Å². The van der Waals surface area contributed by atoms with E-state index in [1.165, 1.54) is 128 Å². The fourth-order valence-corrected chi connectivity index (χ4v) is 7.12. The highest BCUT2D eigenvalue weighted by molar-refractivity contribution is 5.76. The molecule has 3 N–H and O–H groups in total. The van der Waals surface area contributed by atoms with Crippen molar-refractivity contribution in [3.63, 3.8) is 0 Å². The standard InChI is InChI=1S/C50H93NO5/c1-3-5-7-9-11-13-22-26-30-34-38-42-48(53)47(46-52)51-49(54)43-39-35-31-27-24-20-18-16-15-17-19-21-25-29-33-37-41-45-56-50(55)44-40-36-32-28-23-14-12-10-8-6-4-2/h10,12,15,17,21,25,47-48,52-53H,3-9,11,13-14,16,18-20,22-24,26-46H2,1-2H3,(H,51,54)/b12-10-,17-15-,25-21-. The van der Waals surface area contributed by atoms with Crippen molar-refractivity contribution in [2.24, 2.45) is 0 Å². The highest BCUT2D eigenvalue weighted by Gasteiger charge is 2.20. The molecule has 0 aliphatic heterocycles. The number of carbonyl (C=O) groups is 2. The molecule has 1 amide bonds. The lowest BCUT2D eigenvalue weighted by atomic mass is 10.0. The number of nitrogens with one attached hydrogen (secondary N) is 1. The molecule has 0 radical (unpaired) electrons. The van der Waals surface area contributed by atoms with E-state index in [1.54, 1.807) is 0 Å². The number of ether oxygens (including phenoxy) is 1. The van der Waals surface area contributed by atoms with Crippen molar-refractivity contribution in [3.05, 3.63) is 36.5 Å². The van der Waals surface area contributed by atoms with Gasteiger partial charge in [-0.25, -0.2) is 0 Å². The molecule has 0 spiro atoms. The quantitative estimate of drug-likeness (QED) is 0.0325. The maximum Gasteiger partial charge on any atom is 0.305 e. The molecule has 2 unspecified atom stereocenters. The van der Waals surface area contributed by atoms with Crippen molar-refractivity contribution in [3.8, 4) is 0 Å². The number of aliphatic hydroxyl groups excluding tert-OH is 2. The first kappa shape index (κ1) is 54.1. The van der Waals surface area contributed by atoms with Gasteiger partial charge in [0.25, 0.3) is 0 Å². The highest BCUT2D eigenvalue weighted by atomic mass is 16.5. The predicted molar refractivity (Wildman–Crippen MR) is 241 cm³/mol. The minimum Gasteiger partial charge on any atom is -0.466 e. The number of amides is 1. The highest BCUT2D eigenvalue weighted by Crippen LogP contribution is 2.15. The molecule has 0 aliphatic rings. The molecule has 2 atom stereocenters. The molecule has 6 heteroatoms. The van der Waals surface area contributed by atoms with E-state index in [4.69, 9.17) is 4.74 Å². The fourth-order valence-electron chi connectivity index (χ4n) is 7.12. The van der Waals surface area contributed by atoms with Gasteiger partial charge in [0.05, 0.1) is 25.4 Å². The Hall–Kier alpha value is -1.92. The summed E-state index contributed by atoms with van der Waals surface area (Å²) in [6.45, 7) is 4.84. The zero-order valence-corrected chi connectivity index (χ0v) is 37.1. The van der Waals surface area contributed by atoms with Crippen LogP contribution in [0.1, 0.15) is 245 Å². The molecule has 6 nitrogen and oxygen atoms in total. The molecule has 0 bridgehead atoms. The molecular weight excluding hydrogens is 695 g/mol. The van der Waals surface area contributed by atoms with Crippen LogP contribution in [-0.4, -0.2) is 47.4 Å². The second kappa shape index (κ2) is 45.8. The maximum atomic E-state index is 12.4. The molecule has 0 aliphatic carbocycles. The predicted octanol–water partition coefficient (Wildman–Crippen LogP) is 14.1. The van der Waals surface area contributed by atoms with Crippen molar-refractivity contribution in [1.82, 2.24) is 5.32 Å². The molecule has 0 rings (SSSR count). The summed E-state index contributed by atoms with van der Waals surface area (Å²) >= 11 is 0. The van der Waals surface area contributed by atoms with Gasteiger partial charge in [-0.3, -0.25) is 9.59 Å². The van der Waals surface area contributed by atoms with Crippen LogP contribution in [-0.2, 0) is 14.3 Å². The van der Waals surface area contributed by atoms with Crippen molar-refractivity contribution in [2.45, 2.75) is 257 Å². The summed E-state index contributed by atoms with van der Waals surface area (Å²) in [7, 11) is 0. The van der Waals surface area contributed by atoms with Crippen LogP contribution in [0.25, 0.3) is 0 Å². The largest absolute Gasteiger partial charge is 0.466 e. The second-order valence-corrected chi connectivity index (χ2v) is 16.4. The van der Waals surface area contributed by atoms with E-state index >= 15 is 0 Å². The van der Waals surface area contributed by atoms with Crippen LogP contribution >= 0.6 is 0 Å². The number of aliphatic hydroxyl groups is 2. The number of rotatable bonds is 44. The van der Waals surface area contributed by atoms with Gasteiger partial charge >= 0.3 is 5.97 Å². The Morgan fingerprint density at radius 3 is 1.43 bits per heavy atom. The third-order valence-corrected chi connectivity index (χ3v) is 10.9.